The van der Waals surface area contributed by atoms with E-state index in [1.165, 1.54) is 24.8 Å². The van der Waals surface area contributed by atoms with E-state index in [0.717, 1.165) is 35.9 Å². The topological polar surface area (TPSA) is 71.0 Å². The van der Waals surface area contributed by atoms with Crippen LogP contribution in [0.4, 0.5) is 5.69 Å². The molecule has 0 saturated carbocycles. The molecule has 2 aliphatic rings. The Hall–Kier alpha value is -3.06. The average molecular weight is 534 g/mol. The molecular weight excluding hydrogens is 494 g/mol. The zero-order valence-electron chi connectivity index (χ0n) is 23.0. The number of carbonyl (C=O) groups is 2. The van der Waals surface area contributed by atoms with E-state index in [1.807, 2.05) is 69.3 Å². The number of nitrogens with zero attached hydrogens (tertiary/aromatic N) is 2. The summed E-state index contributed by atoms with van der Waals surface area (Å²) in [4.78, 5) is 33.3. The van der Waals surface area contributed by atoms with E-state index in [1.54, 1.807) is 11.8 Å². The van der Waals surface area contributed by atoms with Crippen molar-refractivity contribution in [3.8, 4) is 0 Å². The van der Waals surface area contributed by atoms with Crippen molar-refractivity contribution in [2.75, 3.05) is 24.2 Å². The summed E-state index contributed by atoms with van der Waals surface area (Å²) < 4.78 is 5.67. The molecule has 6 nitrogen and oxygen atoms in total. The number of carbonyl (C=O) groups excluding carboxylic acids is 2. The summed E-state index contributed by atoms with van der Waals surface area (Å²) in [7, 11) is 0. The average Bonchev–Trinajstić information content (AvgIpc) is 2.91. The molecule has 1 amide bonds. The fourth-order valence-electron chi connectivity index (χ4n) is 4.79. The second-order valence-corrected chi connectivity index (χ2v) is 11.5. The van der Waals surface area contributed by atoms with Gasteiger partial charge in [-0.15, -0.1) is 0 Å². The first-order valence-electron chi connectivity index (χ1n) is 13.7. The van der Waals surface area contributed by atoms with Gasteiger partial charge in [-0.3, -0.25) is 4.79 Å². The Labute approximate surface area is 230 Å². The first-order chi connectivity index (χ1) is 18.4. The number of hydrogen-bond acceptors (Lipinski definition) is 6. The van der Waals surface area contributed by atoms with Crippen molar-refractivity contribution in [2.24, 2.45) is 10.9 Å². The fourth-order valence-corrected chi connectivity index (χ4v) is 5.81. The zero-order chi connectivity index (χ0) is 27.1. The normalized spacial score (nSPS) is 17.2. The maximum atomic E-state index is 13.3. The number of aryl methyl sites for hydroxylation is 1. The molecule has 1 fully saturated rings. The van der Waals surface area contributed by atoms with Crippen molar-refractivity contribution >= 4 is 34.5 Å². The molecule has 2 aromatic carbocycles. The van der Waals surface area contributed by atoms with Gasteiger partial charge < -0.3 is 15.0 Å². The third-order valence-corrected chi connectivity index (χ3v) is 7.85. The molecule has 0 bridgehead atoms. The van der Waals surface area contributed by atoms with Crippen LogP contribution in [0, 0.1) is 5.92 Å². The SMILES string of the molecule is CCCCCc1ccc(C(=O)Nc2cccc(C3C(C(=O)OCC(C)C)=C(C)N=C4SCCCN43)c2)cc1. The molecule has 0 radical (unpaired) electrons. The number of amides is 1. The number of allylic oxidation sites excluding steroid dienone is 1. The molecule has 7 heteroatoms. The number of fused-ring (bicyclic) bond motifs is 1. The predicted octanol–water partition coefficient (Wildman–Crippen LogP) is 6.99. The molecule has 38 heavy (non-hydrogen) atoms. The molecule has 202 valence electrons. The van der Waals surface area contributed by atoms with Crippen molar-refractivity contribution in [1.82, 2.24) is 4.90 Å². The van der Waals surface area contributed by atoms with Crippen LogP contribution in [0.5, 0.6) is 0 Å². The van der Waals surface area contributed by atoms with Crippen LogP contribution >= 0.6 is 11.8 Å². The fraction of sp³-hybridized carbons (Fsp3) is 0.452. The van der Waals surface area contributed by atoms with Crippen molar-refractivity contribution in [3.05, 3.63) is 76.5 Å². The Kier molecular flexibility index (Phi) is 9.67. The lowest BCUT2D eigenvalue weighted by molar-refractivity contribution is -0.140. The van der Waals surface area contributed by atoms with Crippen molar-refractivity contribution in [1.29, 1.82) is 0 Å². The van der Waals surface area contributed by atoms with E-state index in [2.05, 4.69) is 17.1 Å². The lowest BCUT2D eigenvalue weighted by Gasteiger charge is -2.40. The second kappa shape index (κ2) is 13.1. The first-order valence-corrected chi connectivity index (χ1v) is 14.7. The highest BCUT2D eigenvalue weighted by atomic mass is 32.2. The van der Waals surface area contributed by atoms with Crippen molar-refractivity contribution in [2.45, 2.75) is 65.8 Å². The highest BCUT2D eigenvalue weighted by Gasteiger charge is 2.38. The van der Waals surface area contributed by atoms with Gasteiger partial charge in [0.15, 0.2) is 5.17 Å². The summed E-state index contributed by atoms with van der Waals surface area (Å²) in [5.74, 6) is 0.782. The molecule has 2 heterocycles. The molecule has 2 aliphatic heterocycles. The van der Waals surface area contributed by atoms with Crippen LogP contribution in [0.25, 0.3) is 0 Å². The predicted molar refractivity (Wildman–Crippen MR) is 157 cm³/mol. The molecule has 2 aromatic rings. The van der Waals surface area contributed by atoms with E-state index in [9.17, 15) is 9.59 Å². The van der Waals surface area contributed by atoms with E-state index >= 15 is 0 Å². The number of anilines is 1. The van der Waals surface area contributed by atoms with E-state index in [4.69, 9.17) is 9.73 Å². The van der Waals surface area contributed by atoms with Crippen LogP contribution in [-0.2, 0) is 16.0 Å². The number of thioether (sulfide) groups is 1. The van der Waals surface area contributed by atoms with E-state index in [0.29, 0.717) is 29.1 Å². The van der Waals surface area contributed by atoms with Gasteiger partial charge >= 0.3 is 5.97 Å². The lowest BCUT2D eigenvalue weighted by atomic mass is 9.94. The van der Waals surface area contributed by atoms with Crippen LogP contribution < -0.4 is 5.32 Å². The molecule has 1 saturated heterocycles. The number of unbranched alkanes of at least 4 members (excludes halogenated alkanes) is 2. The summed E-state index contributed by atoms with van der Waals surface area (Å²) in [6, 6.07) is 15.3. The standard InChI is InChI=1S/C31H39N3O3S/c1-5-6-7-10-23-13-15-24(16-14-23)29(35)33-26-12-8-11-25(19-26)28-27(30(36)37-20-21(2)3)22(4)32-31-34(28)17-9-18-38-31/h8,11-16,19,21,28H,5-7,9-10,17-18,20H2,1-4H3,(H,33,35). The van der Waals surface area contributed by atoms with Gasteiger partial charge in [0.2, 0.25) is 0 Å². The highest BCUT2D eigenvalue weighted by molar-refractivity contribution is 8.13. The van der Waals surface area contributed by atoms with Crippen LogP contribution in [0.15, 0.2) is 64.8 Å². The summed E-state index contributed by atoms with van der Waals surface area (Å²) >= 11 is 1.72. The minimum atomic E-state index is -0.326. The maximum absolute atomic E-state index is 13.3. The molecular formula is C31H39N3O3S. The van der Waals surface area contributed by atoms with Crippen molar-refractivity contribution in [3.63, 3.8) is 0 Å². The Bertz CT molecular complexity index is 1200. The monoisotopic (exact) mass is 533 g/mol. The molecule has 0 aromatic heterocycles. The van der Waals surface area contributed by atoms with Gasteiger partial charge in [0, 0.05) is 23.5 Å². The molecule has 1 N–H and O–H groups in total. The van der Waals surface area contributed by atoms with E-state index < -0.39 is 0 Å². The van der Waals surface area contributed by atoms with Crippen molar-refractivity contribution < 1.29 is 14.3 Å². The van der Waals surface area contributed by atoms with Gasteiger partial charge in [0.1, 0.15) is 0 Å². The number of benzene rings is 2. The van der Waals surface area contributed by atoms with Gasteiger partial charge in [-0.1, -0.05) is 69.6 Å². The number of nitrogens with one attached hydrogen (secondary N) is 1. The second-order valence-electron chi connectivity index (χ2n) is 10.4. The molecule has 0 aliphatic carbocycles. The third-order valence-electron chi connectivity index (χ3n) is 6.77. The zero-order valence-corrected chi connectivity index (χ0v) is 23.8. The first kappa shape index (κ1) is 28.0. The summed E-state index contributed by atoms with van der Waals surface area (Å²) in [6.07, 6.45) is 5.63. The Morgan fingerprint density at radius 2 is 1.95 bits per heavy atom. The quantitative estimate of drug-likeness (QED) is 0.263. The van der Waals surface area contributed by atoms with Gasteiger partial charge in [0.05, 0.1) is 23.9 Å². The maximum Gasteiger partial charge on any atom is 0.338 e. The number of hydrogen-bond donors (Lipinski definition) is 1. The van der Waals surface area contributed by atoms with Gasteiger partial charge in [-0.2, -0.15) is 0 Å². The van der Waals surface area contributed by atoms with Crippen LogP contribution in [0.2, 0.25) is 0 Å². The van der Waals surface area contributed by atoms with Gasteiger partial charge in [-0.25, -0.2) is 9.79 Å². The molecule has 1 unspecified atom stereocenters. The number of ether oxygens (including phenoxy) is 1. The van der Waals surface area contributed by atoms with Crippen LogP contribution in [-0.4, -0.2) is 40.8 Å². The summed E-state index contributed by atoms with van der Waals surface area (Å²) in [5, 5.41) is 3.99. The summed E-state index contributed by atoms with van der Waals surface area (Å²) in [6.45, 7) is 9.31. The largest absolute Gasteiger partial charge is 0.462 e. The smallest absolute Gasteiger partial charge is 0.338 e. The summed E-state index contributed by atoms with van der Waals surface area (Å²) in [5.41, 5.74) is 4.77. The molecule has 1 atom stereocenters. The Morgan fingerprint density at radius 1 is 1.16 bits per heavy atom. The Balaban J connectivity index is 1.56. The Morgan fingerprint density at radius 3 is 2.68 bits per heavy atom. The third kappa shape index (κ3) is 6.87. The minimum absolute atomic E-state index is 0.148. The number of rotatable bonds is 10. The lowest BCUT2D eigenvalue weighted by Crippen LogP contribution is -2.42. The highest BCUT2D eigenvalue weighted by Crippen LogP contribution is 2.40. The molecule has 4 rings (SSSR count). The van der Waals surface area contributed by atoms with Crippen LogP contribution in [0.3, 0.4) is 0 Å². The number of aliphatic imine (C=N–C) groups is 1. The number of amidine groups is 1. The van der Waals surface area contributed by atoms with Crippen LogP contribution in [0.1, 0.15) is 80.9 Å². The minimum Gasteiger partial charge on any atom is -0.462 e. The van der Waals surface area contributed by atoms with Gasteiger partial charge in [-0.05, 0) is 67.5 Å². The van der Waals surface area contributed by atoms with Gasteiger partial charge in [0.25, 0.3) is 5.91 Å². The van der Waals surface area contributed by atoms with E-state index in [-0.39, 0.29) is 23.8 Å². The number of esters is 1. The molecule has 0 spiro atoms.